The third-order valence-electron chi connectivity index (χ3n) is 4.41. The van der Waals surface area contributed by atoms with Crippen molar-refractivity contribution >= 4 is 11.6 Å². The molecule has 0 unspecified atom stereocenters. The van der Waals surface area contributed by atoms with E-state index in [1.807, 2.05) is 24.3 Å². The summed E-state index contributed by atoms with van der Waals surface area (Å²) >= 11 is 0. The molecule has 1 heterocycles. The van der Waals surface area contributed by atoms with Crippen LogP contribution in [-0.4, -0.2) is 36.5 Å². The molecule has 1 aromatic heterocycles. The fourth-order valence-electron chi connectivity index (χ4n) is 2.84. The minimum absolute atomic E-state index is 0.0223. The Balaban J connectivity index is 1.78. The molecule has 150 valence electrons. The van der Waals surface area contributed by atoms with E-state index in [0.717, 1.165) is 17.7 Å². The maximum atomic E-state index is 13.8. The van der Waals surface area contributed by atoms with Crippen LogP contribution < -0.4 is 14.8 Å². The van der Waals surface area contributed by atoms with Gasteiger partial charge in [0, 0.05) is 18.2 Å². The van der Waals surface area contributed by atoms with Gasteiger partial charge in [0.05, 0.1) is 25.5 Å². The number of carbonyl (C=O) groups is 1. The highest BCUT2D eigenvalue weighted by Crippen LogP contribution is 2.25. The largest absolute Gasteiger partial charge is 0.497 e. The second kappa shape index (κ2) is 9.14. The van der Waals surface area contributed by atoms with Gasteiger partial charge in [0.15, 0.2) is 5.78 Å². The van der Waals surface area contributed by atoms with E-state index in [-0.39, 0.29) is 17.4 Å². The number of benzene rings is 2. The van der Waals surface area contributed by atoms with Gasteiger partial charge in [-0.25, -0.2) is 4.39 Å². The topological polar surface area (TPSA) is 73.3 Å². The first-order valence-electron chi connectivity index (χ1n) is 9.11. The van der Waals surface area contributed by atoms with Crippen molar-refractivity contribution < 1.29 is 18.7 Å². The number of hydrogen-bond donors (Lipinski definition) is 1. The summed E-state index contributed by atoms with van der Waals surface area (Å²) in [6.45, 7) is 1.98. The number of ketones is 1. The minimum Gasteiger partial charge on any atom is -0.497 e. The Bertz CT molecular complexity index is 1010. The highest BCUT2D eigenvalue weighted by molar-refractivity contribution is 5.95. The highest BCUT2D eigenvalue weighted by atomic mass is 19.1. The molecule has 0 bridgehead atoms. The molecule has 0 fully saturated rings. The lowest BCUT2D eigenvalue weighted by Gasteiger charge is -2.10. The molecule has 0 atom stereocenters. The van der Waals surface area contributed by atoms with Crippen LogP contribution in [0.25, 0.3) is 11.3 Å². The first-order valence-corrected chi connectivity index (χ1v) is 9.11. The molecule has 0 saturated heterocycles. The number of rotatable bonds is 8. The molecular weight excluding hydrogens is 373 g/mol. The zero-order chi connectivity index (χ0) is 20.8. The average Bonchev–Trinajstić information content (AvgIpc) is 2.74. The van der Waals surface area contributed by atoms with Crippen LogP contribution in [-0.2, 0) is 6.42 Å². The highest BCUT2D eigenvalue weighted by Gasteiger charge is 2.12. The fourth-order valence-corrected chi connectivity index (χ4v) is 2.84. The van der Waals surface area contributed by atoms with Gasteiger partial charge in [0.2, 0.25) is 0 Å². The number of halogens is 1. The molecule has 3 rings (SSSR count). The summed E-state index contributed by atoms with van der Waals surface area (Å²) in [4.78, 5) is 20.3. The quantitative estimate of drug-likeness (QED) is 0.578. The van der Waals surface area contributed by atoms with Crippen molar-refractivity contribution in [3.05, 3.63) is 65.5 Å². The molecular formula is C22H22FN3O3. The van der Waals surface area contributed by atoms with Gasteiger partial charge in [-0.2, -0.15) is 9.97 Å². The zero-order valence-corrected chi connectivity index (χ0v) is 16.5. The predicted molar refractivity (Wildman–Crippen MR) is 109 cm³/mol. The van der Waals surface area contributed by atoms with Crippen LogP contribution >= 0.6 is 0 Å². The number of methoxy groups -OCH3 is 2. The number of ether oxygens (including phenoxy) is 2. The van der Waals surface area contributed by atoms with Crippen LogP contribution in [0.1, 0.15) is 22.8 Å². The summed E-state index contributed by atoms with van der Waals surface area (Å²) in [7, 11) is 3.11. The smallest absolute Gasteiger partial charge is 0.318 e. The van der Waals surface area contributed by atoms with Gasteiger partial charge in [-0.05, 0) is 49.2 Å². The summed E-state index contributed by atoms with van der Waals surface area (Å²) in [5.74, 6) is 0.494. The Hall–Kier alpha value is -3.48. The van der Waals surface area contributed by atoms with Crippen LogP contribution in [0.2, 0.25) is 0 Å². The normalized spacial score (nSPS) is 10.5. The van der Waals surface area contributed by atoms with E-state index in [2.05, 4.69) is 15.3 Å². The minimum atomic E-state index is -0.555. The van der Waals surface area contributed by atoms with Crippen LogP contribution in [0.4, 0.5) is 10.2 Å². The van der Waals surface area contributed by atoms with Gasteiger partial charge < -0.3 is 14.8 Å². The molecule has 0 aliphatic heterocycles. The molecule has 0 spiro atoms. The van der Waals surface area contributed by atoms with Crippen molar-refractivity contribution in [3.8, 4) is 23.0 Å². The monoisotopic (exact) mass is 395 g/mol. The molecule has 0 amide bonds. The summed E-state index contributed by atoms with van der Waals surface area (Å²) in [6.07, 6.45) is 0.788. The maximum absolute atomic E-state index is 13.8. The summed E-state index contributed by atoms with van der Waals surface area (Å²) in [5.41, 5.74) is 2.32. The number of Topliss-reactive ketones (excluding diaryl/α,β-unsaturated/α-hetero) is 1. The van der Waals surface area contributed by atoms with Crippen molar-refractivity contribution in [2.24, 2.45) is 0 Å². The standard InChI is InChI=1S/C22H22FN3O3/c1-14(27)18-12-16(6-9-19(18)23)20-13-21(26-22(25-20)29-3)24-11-10-15-4-7-17(28-2)8-5-15/h4-9,12-13H,10-11H2,1-3H3,(H,24,25,26). The molecule has 6 nitrogen and oxygen atoms in total. The van der Waals surface area contributed by atoms with Crippen molar-refractivity contribution in [2.45, 2.75) is 13.3 Å². The van der Waals surface area contributed by atoms with E-state index in [0.29, 0.717) is 23.6 Å². The zero-order valence-electron chi connectivity index (χ0n) is 16.5. The first-order chi connectivity index (χ1) is 14.0. The molecule has 0 aliphatic rings. The molecule has 0 saturated carbocycles. The third-order valence-corrected chi connectivity index (χ3v) is 4.41. The van der Waals surface area contributed by atoms with Crippen LogP contribution in [0.5, 0.6) is 11.8 Å². The maximum Gasteiger partial charge on any atom is 0.318 e. The van der Waals surface area contributed by atoms with E-state index >= 15 is 0 Å². The number of nitrogens with one attached hydrogen (secondary N) is 1. The van der Waals surface area contributed by atoms with Crippen molar-refractivity contribution in [1.29, 1.82) is 0 Å². The lowest BCUT2D eigenvalue weighted by atomic mass is 10.0. The summed E-state index contributed by atoms with van der Waals surface area (Å²) < 4.78 is 24.2. The predicted octanol–water partition coefficient (Wildman–Crippen LogP) is 4.16. The van der Waals surface area contributed by atoms with Gasteiger partial charge in [0.25, 0.3) is 0 Å². The molecule has 29 heavy (non-hydrogen) atoms. The molecule has 7 heteroatoms. The number of aromatic nitrogens is 2. The Morgan fingerprint density at radius 1 is 1.03 bits per heavy atom. The van der Waals surface area contributed by atoms with E-state index in [9.17, 15) is 9.18 Å². The van der Waals surface area contributed by atoms with Crippen LogP contribution in [0.3, 0.4) is 0 Å². The molecule has 3 aromatic rings. The Morgan fingerprint density at radius 2 is 1.79 bits per heavy atom. The van der Waals surface area contributed by atoms with E-state index in [1.165, 1.54) is 26.2 Å². The van der Waals surface area contributed by atoms with E-state index < -0.39 is 5.82 Å². The average molecular weight is 395 g/mol. The summed E-state index contributed by atoms with van der Waals surface area (Å²) in [5, 5.41) is 3.25. The number of nitrogens with zero attached hydrogens (tertiary/aromatic N) is 2. The van der Waals surface area contributed by atoms with E-state index in [4.69, 9.17) is 9.47 Å². The van der Waals surface area contributed by atoms with Crippen molar-refractivity contribution in [1.82, 2.24) is 9.97 Å². The fraction of sp³-hybridized carbons (Fsp3) is 0.227. The first kappa shape index (κ1) is 20.3. The third kappa shape index (κ3) is 5.07. The molecule has 1 N–H and O–H groups in total. The molecule has 2 aromatic carbocycles. The number of hydrogen-bond acceptors (Lipinski definition) is 6. The Kier molecular flexibility index (Phi) is 6.39. The SMILES string of the molecule is COc1ccc(CCNc2cc(-c3ccc(F)c(C(C)=O)c3)nc(OC)n2)cc1. The van der Waals surface area contributed by atoms with Crippen molar-refractivity contribution in [2.75, 3.05) is 26.1 Å². The Labute approximate surface area is 168 Å². The number of anilines is 1. The van der Waals surface area contributed by atoms with E-state index in [1.54, 1.807) is 19.2 Å². The van der Waals surface area contributed by atoms with Gasteiger partial charge >= 0.3 is 6.01 Å². The van der Waals surface area contributed by atoms with Gasteiger partial charge in [-0.1, -0.05) is 12.1 Å². The van der Waals surface area contributed by atoms with Gasteiger partial charge in [-0.3, -0.25) is 4.79 Å². The van der Waals surface area contributed by atoms with Crippen molar-refractivity contribution in [3.63, 3.8) is 0 Å². The number of carbonyl (C=O) groups excluding carboxylic acids is 1. The summed E-state index contributed by atoms with van der Waals surface area (Å²) in [6, 6.07) is 14.1. The Morgan fingerprint density at radius 3 is 2.45 bits per heavy atom. The second-order valence-electron chi connectivity index (χ2n) is 6.40. The van der Waals surface area contributed by atoms with Crippen LogP contribution in [0, 0.1) is 5.82 Å². The lowest BCUT2D eigenvalue weighted by Crippen LogP contribution is -2.08. The van der Waals surface area contributed by atoms with Gasteiger partial charge in [0.1, 0.15) is 17.4 Å². The molecule has 0 radical (unpaired) electrons. The van der Waals surface area contributed by atoms with Crippen LogP contribution in [0.15, 0.2) is 48.5 Å². The molecule has 0 aliphatic carbocycles. The second-order valence-corrected chi connectivity index (χ2v) is 6.40. The lowest BCUT2D eigenvalue weighted by molar-refractivity contribution is 0.101. The van der Waals surface area contributed by atoms with Gasteiger partial charge in [-0.15, -0.1) is 0 Å².